The first-order chi connectivity index (χ1) is 13.0. The molecule has 0 aliphatic rings. The molecule has 7 nitrogen and oxygen atoms in total. The van der Waals surface area contributed by atoms with Gasteiger partial charge in [0.1, 0.15) is 6.54 Å². The first kappa shape index (κ1) is 20.1. The number of hydrogen-bond donors (Lipinski definition) is 1. The van der Waals surface area contributed by atoms with Gasteiger partial charge in [0.05, 0.1) is 24.4 Å². The first-order valence-corrected chi connectivity index (χ1v) is 8.57. The molecule has 2 rings (SSSR count). The van der Waals surface area contributed by atoms with Crippen molar-refractivity contribution in [2.24, 2.45) is 5.73 Å². The summed E-state index contributed by atoms with van der Waals surface area (Å²) in [5.74, 6) is -1.35. The van der Waals surface area contributed by atoms with Crippen molar-refractivity contribution >= 4 is 29.2 Å². The van der Waals surface area contributed by atoms with E-state index in [1.807, 2.05) is 18.2 Å². The van der Waals surface area contributed by atoms with E-state index in [4.69, 9.17) is 10.5 Å². The molecule has 0 fully saturated rings. The van der Waals surface area contributed by atoms with Crippen molar-refractivity contribution in [2.45, 2.75) is 6.92 Å². The standard InChI is InChI=1S/C20H23N3O4/c1-3-27-20(26)16-11-7-8-12-17(16)23(18(24)13-21)14-19(25)22(2)15-9-5-4-6-10-15/h4-12H,3,13-14,21H2,1-2H3. The highest BCUT2D eigenvalue weighted by Crippen LogP contribution is 2.22. The number of anilines is 2. The highest BCUT2D eigenvalue weighted by atomic mass is 16.5. The first-order valence-electron chi connectivity index (χ1n) is 8.57. The molecule has 0 spiro atoms. The Morgan fingerprint density at radius 3 is 2.22 bits per heavy atom. The molecule has 0 unspecified atom stereocenters. The number of amides is 2. The van der Waals surface area contributed by atoms with Crippen LogP contribution in [0.15, 0.2) is 54.6 Å². The zero-order valence-corrected chi connectivity index (χ0v) is 15.4. The summed E-state index contributed by atoms with van der Waals surface area (Å²) in [6.07, 6.45) is 0. The molecule has 0 saturated heterocycles. The fourth-order valence-electron chi connectivity index (χ4n) is 2.55. The van der Waals surface area contributed by atoms with Gasteiger partial charge in [-0.15, -0.1) is 0 Å². The van der Waals surface area contributed by atoms with E-state index in [0.717, 1.165) is 0 Å². The lowest BCUT2D eigenvalue weighted by Crippen LogP contribution is -2.44. The second kappa shape index (κ2) is 9.49. The minimum Gasteiger partial charge on any atom is -0.462 e. The molecule has 0 atom stereocenters. The summed E-state index contributed by atoms with van der Waals surface area (Å²) in [6, 6.07) is 15.6. The molecule has 2 aromatic carbocycles. The van der Waals surface area contributed by atoms with Crippen molar-refractivity contribution < 1.29 is 19.1 Å². The number of benzene rings is 2. The third-order valence-corrected chi connectivity index (χ3v) is 3.98. The van der Waals surface area contributed by atoms with Gasteiger partial charge in [0.2, 0.25) is 11.8 Å². The van der Waals surface area contributed by atoms with E-state index >= 15 is 0 Å². The Balaban J connectivity index is 2.33. The molecule has 2 aromatic rings. The van der Waals surface area contributed by atoms with Crippen LogP contribution < -0.4 is 15.5 Å². The number of para-hydroxylation sites is 2. The Labute approximate surface area is 158 Å². The van der Waals surface area contributed by atoms with Crippen molar-refractivity contribution in [3.8, 4) is 0 Å². The van der Waals surface area contributed by atoms with Gasteiger partial charge in [0, 0.05) is 12.7 Å². The molecule has 0 bridgehead atoms. The van der Waals surface area contributed by atoms with Gasteiger partial charge in [-0.3, -0.25) is 9.59 Å². The Bertz CT molecular complexity index is 808. The maximum Gasteiger partial charge on any atom is 0.340 e. The number of carbonyl (C=O) groups excluding carboxylic acids is 3. The smallest absolute Gasteiger partial charge is 0.340 e. The lowest BCUT2D eigenvalue weighted by Gasteiger charge is -2.26. The van der Waals surface area contributed by atoms with Gasteiger partial charge in [-0.25, -0.2) is 4.79 Å². The molecule has 0 aromatic heterocycles. The molecule has 0 aliphatic carbocycles. The van der Waals surface area contributed by atoms with Crippen molar-refractivity contribution in [1.29, 1.82) is 0 Å². The van der Waals surface area contributed by atoms with Gasteiger partial charge >= 0.3 is 5.97 Å². The Morgan fingerprint density at radius 1 is 0.963 bits per heavy atom. The van der Waals surface area contributed by atoms with Crippen molar-refractivity contribution in [1.82, 2.24) is 0 Å². The largest absolute Gasteiger partial charge is 0.462 e. The van der Waals surface area contributed by atoms with Crippen LogP contribution in [0.5, 0.6) is 0 Å². The van der Waals surface area contributed by atoms with E-state index in [1.165, 1.54) is 9.80 Å². The van der Waals surface area contributed by atoms with Crippen molar-refractivity contribution in [3.63, 3.8) is 0 Å². The topological polar surface area (TPSA) is 92.9 Å². The molecule has 0 aliphatic heterocycles. The monoisotopic (exact) mass is 369 g/mol. The number of ether oxygens (including phenoxy) is 1. The fraction of sp³-hybridized carbons (Fsp3) is 0.250. The Morgan fingerprint density at radius 2 is 1.59 bits per heavy atom. The molecular formula is C20H23N3O4. The summed E-state index contributed by atoms with van der Waals surface area (Å²) in [6.45, 7) is 1.35. The SMILES string of the molecule is CCOC(=O)c1ccccc1N(CC(=O)N(C)c1ccccc1)C(=O)CN. The molecule has 0 heterocycles. The molecule has 0 radical (unpaired) electrons. The number of nitrogens with two attached hydrogens (primary N) is 1. The predicted molar refractivity (Wildman–Crippen MR) is 104 cm³/mol. The molecule has 2 N–H and O–H groups in total. The lowest BCUT2D eigenvalue weighted by atomic mass is 10.1. The average molecular weight is 369 g/mol. The minimum atomic E-state index is -0.563. The van der Waals surface area contributed by atoms with E-state index in [-0.39, 0.29) is 31.2 Å². The van der Waals surface area contributed by atoms with Crippen LogP contribution in [-0.4, -0.2) is 44.5 Å². The Hall–Kier alpha value is -3.19. The number of hydrogen-bond acceptors (Lipinski definition) is 5. The van der Waals surface area contributed by atoms with Gasteiger partial charge in [0.15, 0.2) is 0 Å². The van der Waals surface area contributed by atoms with E-state index in [0.29, 0.717) is 11.4 Å². The molecule has 27 heavy (non-hydrogen) atoms. The van der Waals surface area contributed by atoms with Crippen LogP contribution >= 0.6 is 0 Å². The molecule has 0 saturated carbocycles. The summed E-state index contributed by atoms with van der Waals surface area (Å²) < 4.78 is 5.05. The maximum absolute atomic E-state index is 12.7. The highest BCUT2D eigenvalue weighted by Gasteiger charge is 2.25. The summed E-state index contributed by atoms with van der Waals surface area (Å²) >= 11 is 0. The highest BCUT2D eigenvalue weighted by molar-refractivity contribution is 6.07. The zero-order valence-electron chi connectivity index (χ0n) is 15.4. The number of rotatable bonds is 7. The van der Waals surface area contributed by atoms with E-state index < -0.39 is 11.9 Å². The molecular weight excluding hydrogens is 346 g/mol. The molecule has 7 heteroatoms. The van der Waals surface area contributed by atoms with Crippen LogP contribution in [0, 0.1) is 0 Å². The summed E-state index contributed by atoms with van der Waals surface area (Å²) in [5.41, 5.74) is 6.72. The third kappa shape index (κ3) is 4.92. The zero-order chi connectivity index (χ0) is 19.8. The van der Waals surface area contributed by atoms with Crippen LogP contribution in [0.4, 0.5) is 11.4 Å². The normalized spacial score (nSPS) is 10.2. The van der Waals surface area contributed by atoms with Gasteiger partial charge in [-0.2, -0.15) is 0 Å². The van der Waals surface area contributed by atoms with Crippen LogP contribution in [-0.2, 0) is 14.3 Å². The summed E-state index contributed by atoms with van der Waals surface area (Å²) in [4.78, 5) is 40.0. The number of likely N-dealkylation sites (N-methyl/N-ethyl adjacent to an activating group) is 1. The third-order valence-electron chi connectivity index (χ3n) is 3.98. The van der Waals surface area contributed by atoms with Crippen LogP contribution in [0.1, 0.15) is 17.3 Å². The van der Waals surface area contributed by atoms with Crippen LogP contribution in [0.3, 0.4) is 0 Å². The quantitative estimate of drug-likeness (QED) is 0.752. The van der Waals surface area contributed by atoms with Crippen LogP contribution in [0.25, 0.3) is 0 Å². The van der Waals surface area contributed by atoms with E-state index in [9.17, 15) is 14.4 Å². The number of carbonyl (C=O) groups is 3. The average Bonchev–Trinajstić information content (AvgIpc) is 2.71. The van der Waals surface area contributed by atoms with Crippen LogP contribution in [0.2, 0.25) is 0 Å². The summed E-state index contributed by atoms with van der Waals surface area (Å²) in [7, 11) is 1.63. The van der Waals surface area contributed by atoms with Gasteiger partial charge in [-0.1, -0.05) is 30.3 Å². The fourth-order valence-corrected chi connectivity index (χ4v) is 2.55. The Kier molecular flexibility index (Phi) is 7.08. The van der Waals surface area contributed by atoms with Gasteiger partial charge < -0.3 is 20.3 Å². The van der Waals surface area contributed by atoms with E-state index in [2.05, 4.69) is 0 Å². The van der Waals surface area contributed by atoms with E-state index in [1.54, 1.807) is 50.4 Å². The minimum absolute atomic E-state index is 0.202. The maximum atomic E-state index is 12.7. The second-order valence-electron chi connectivity index (χ2n) is 5.71. The summed E-state index contributed by atoms with van der Waals surface area (Å²) in [5, 5.41) is 0. The lowest BCUT2D eigenvalue weighted by molar-refractivity contribution is -0.121. The van der Waals surface area contributed by atoms with Gasteiger partial charge in [-0.05, 0) is 31.2 Å². The predicted octanol–water partition coefficient (Wildman–Crippen LogP) is 1.82. The molecule has 2 amide bonds. The van der Waals surface area contributed by atoms with Crippen molar-refractivity contribution in [3.05, 3.63) is 60.2 Å². The molecule has 142 valence electrons. The second-order valence-corrected chi connectivity index (χ2v) is 5.71. The van der Waals surface area contributed by atoms with Crippen molar-refractivity contribution in [2.75, 3.05) is 36.5 Å². The van der Waals surface area contributed by atoms with Gasteiger partial charge in [0.25, 0.3) is 0 Å². The number of nitrogens with zero attached hydrogens (tertiary/aromatic N) is 2. The number of esters is 1.